The van der Waals surface area contributed by atoms with Crippen molar-refractivity contribution in [1.82, 2.24) is 14.5 Å². The Morgan fingerprint density at radius 2 is 1.93 bits per heavy atom. The van der Waals surface area contributed by atoms with Crippen LogP contribution in [0.25, 0.3) is 11.0 Å². The third kappa shape index (κ3) is 3.65. The summed E-state index contributed by atoms with van der Waals surface area (Å²) in [6.45, 7) is 7.00. The summed E-state index contributed by atoms with van der Waals surface area (Å²) in [5, 5.41) is 11.0. The van der Waals surface area contributed by atoms with Gasteiger partial charge in [0.1, 0.15) is 5.82 Å². The molecule has 0 saturated carbocycles. The highest BCUT2D eigenvalue weighted by molar-refractivity contribution is 9.10. The summed E-state index contributed by atoms with van der Waals surface area (Å²) in [7, 11) is 0. The van der Waals surface area contributed by atoms with Gasteiger partial charge >= 0.3 is 0 Å². The minimum absolute atomic E-state index is 0.107. The molecule has 152 valence electrons. The lowest BCUT2D eigenvalue weighted by Gasteiger charge is -2.38. The molecule has 2 aliphatic rings. The van der Waals surface area contributed by atoms with Crippen LogP contribution in [0.2, 0.25) is 0 Å². The molecule has 29 heavy (non-hydrogen) atoms. The molecule has 3 atom stereocenters. The molecule has 1 saturated heterocycles. The zero-order valence-electron chi connectivity index (χ0n) is 17.1. The summed E-state index contributed by atoms with van der Waals surface area (Å²) < 4.78 is 3.44. The number of nitrogens with zero attached hydrogens (tertiary/aromatic N) is 3. The maximum atomic E-state index is 11.0. The number of hydrogen-bond acceptors (Lipinski definition) is 3. The van der Waals surface area contributed by atoms with E-state index in [1.807, 2.05) is 0 Å². The number of fused-ring (bicyclic) bond motifs is 2. The van der Waals surface area contributed by atoms with E-state index >= 15 is 0 Å². The van der Waals surface area contributed by atoms with E-state index in [9.17, 15) is 5.11 Å². The lowest BCUT2D eigenvalue weighted by molar-refractivity contribution is 0.0223. The van der Waals surface area contributed by atoms with E-state index in [4.69, 9.17) is 4.98 Å². The number of benzene rings is 2. The van der Waals surface area contributed by atoms with Gasteiger partial charge in [-0.1, -0.05) is 28.1 Å². The normalized spacial score (nSPS) is 24.9. The van der Waals surface area contributed by atoms with Gasteiger partial charge in [-0.05, 0) is 80.0 Å². The molecule has 0 amide bonds. The van der Waals surface area contributed by atoms with Crippen molar-refractivity contribution in [2.24, 2.45) is 5.92 Å². The SMILES string of the molecule is Cc1ccc2c(c1)nc(C)n2[C@H]1CCN(C[C@H]2Cc3ccc(Br)cc3C2)C[C@H]1O. The summed E-state index contributed by atoms with van der Waals surface area (Å²) >= 11 is 3.59. The van der Waals surface area contributed by atoms with Gasteiger partial charge in [0, 0.05) is 24.1 Å². The van der Waals surface area contributed by atoms with Crippen LogP contribution in [0.5, 0.6) is 0 Å². The molecule has 0 bridgehead atoms. The quantitative estimate of drug-likeness (QED) is 0.637. The van der Waals surface area contributed by atoms with Crippen molar-refractivity contribution in [3.63, 3.8) is 0 Å². The fourth-order valence-corrected chi connectivity index (χ4v) is 5.78. The molecule has 2 heterocycles. The van der Waals surface area contributed by atoms with Crippen LogP contribution in [-0.2, 0) is 12.8 Å². The molecule has 0 unspecified atom stereocenters. The number of aromatic nitrogens is 2. The van der Waals surface area contributed by atoms with Gasteiger partial charge in [0.15, 0.2) is 0 Å². The van der Waals surface area contributed by atoms with Crippen LogP contribution < -0.4 is 0 Å². The summed E-state index contributed by atoms with van der Waals surface area (Å²) in [5.74, 6) is 1.65. The van der Waals surface area contributed by atoms with Crippen LogP contribution >= 0.6 is 15.9 Å². The first-order valence-electron chi connectivity index (χ1n) is 10.6. The maximum absolute atomic E-state index is 11.0. The monoisotopic (exact) mass is 453 g/mol. The summed E-state index contributed by atoms with van der Waals surface area (Å²) in [6.07, 6.45) is 2.91. The Labute approximate surface area is 180 Å². The number of aryl methyl sites for hydroxylation is 2. The van der Waals surface area contributed by atoms with E-state index in [2.05, 4.69) is 75.6 Å². The number of imidazole rings is 1. The Balaban J connectivity index is 1.28. The van der Waals surface area contributed by atoms with Crippen molar-refractivity contribution in [1.29, 1.82) is 0 Å². The highest BCUT2D eigenvalue weighted by atomic mass is 79.9. The number of β-amino-alcohol motifs (C(OH)–C–C–N with tert-alkyl or cyclic N) is 1. The molecule has 0 spiro atoms. The first-order valence-corrected chi connectivity index (χ1v) is 11.4. The second-order valence-electron chi connectivity index (χ2n) is 8.89. The first kappa shape index (κ1) is 19.3. The number of hydrogen-bond donors (Lipinski definition) is 1. The minimum Gasteiger partial charge on any atom is -0.390 e. The molecule has 4 nitrogen and oxygen atoms in total. The van der Waals surface area contributed by atoms with Crippen LogP contribution in [0.3, 0.4) is 0 Å². The first-order chi connectivity index (χ1) is 14.0. The number of halogens is 1. The standard InChI is InChI=1S/C24H28BrN3O/c1-15-3-6-22-21(9-15)26-16(2)28(22)23-7-8-27(14-24(23)29)13-17-10-18-4-5-20(25)12-19(18)11-17/h3-6,9,12,17,23-24,29H,7-8,10-11,13-14H2,1-2H3/t17-,23-,24+/m0/s1. The van der Waals surface area contributed by atoms with Gasteiger partial charge in [-0.15, -0.1) is 0 Å². The smallest absolute Gasteiger partial charge is 0.107 e. The molecule has 1 fully saturated rings. The average Bonchev–Trinajstić information content (AvgIpc) is 3.20. The largest absolute Gasteiger partial charge is 0.390 e. The molecule has 3 aromatic rings. The second kappa shape index (κ2) is 7.53. The van der Waals surface area contributed by atoms with Crippen LogP contribution in [-0.4, -0.2) is 45.3 Å². The van der Waals surface area contributed by atoms with Gasteiger partial charge in [-0.3, -0.25) is 0 Å². The fraction of sp³-hybridized carbons (Fsp3) is 0.458. The van der Waals surface area contributed by atoms with Crippen molar-refractivity contribution < 1.29 is 5.11 Å². The number of aliphatic hydroxyl groups is 1. The highest BCUT2D eigenvalue weighted by Gasteiger charge is 2.33. The van der Waals surface area contributed by atoms with Gasteiger partial charge in [-0.25, -0.2) is 4.98 Å². The highest BCUT2D eigenvalue weighted by Crippen LogP contribution is 2.33. The molecular weight excluding hydrogens is 426 g/mol. The van der Waals surface area contributed by atoms with E-state index in [0.717, 1.165) is 55.8 Å². The predicted molar refractivity (Wildman–Crippen MR) is 120 cm³/mol. The molecule has 1 aliphatic heterocycles. The van der Waals surface area contributed by atoms with E-state index < -0.39 is 0 Å². The van der Waals surface area contributed by atoms with E-state index in [1.54, 1.807) is 0 Å². The third-order valence-electron chi connectivity index (χ3n) is 6.69. The molecule has 1 aliphatic carbocycles. The van der Waals surface area contributed by atoms with Crippen LogP contribution in [0.1, 0.15) is 35.0 Å². The molecule has 5 rings (SSSR count). The molecule has 2 aromatic carbocycles. The van der Waals surface area contributed by atoms with E-state index in [-0.39, 0.29) is 12.1 Å². The van der Waals surface area contributed by atoms with E-state index in [0.29, 0.717) is 5.92 Å². The summed E-state index contributed by atoms with van der Waals surface area (Å²) in [5.41, 5.74) is 6.37. The number of rotatable bonds is 3. The molecule has 5 heteroatoms. The number of likely N-dealkylation sites (tertiary alicyclic amines) is 1. The van der Waals surface area contributed by atoms with Gasteiger partial charge in [0.2, 0.25) is 0 Å². The molecule has 0 radical (unpaired) electrons. The van der Waals surface area contributed by atoms with Gasteiger partial charge < -0.3 is 14.6 Å². The van der Waals surface area contributed by atoms with Crippen molar-refractivity contribution >= 4 is 27.0 Å². The van der Waals surface area contributed by atoms with Crippen LogP contribution in [0.15, 0.2) is 40.9 Å². The lowest BCUT2D eigenvalue weighted by Crippen LogP contribution is -2.46. The Morgan fingerprint density at radius 3 is 2.76 bits per heavy atom. The molecule has 1 aromatic heterocycles. The number of aliphatic hydroxyl groups excluding tert-OH is 1. The van der Waals surface area contributed by atoms with Gasteiger partial charge in [0.05, 0.1) is 23.2 Å². The third-order valence-corrected chi connectivity index (χ3v) is 7.18. The van der Waals surface area contributed by atoms with E-state index in [1.165, 1.54) is 21.2 Å². The Hall–Kier alpha value is -1.69. The molecular formula is C24H28BrN3O. The number of piperidine rings is 1. The zero-order chi connectivity index (χ0) is 20.1. The van der Waals surface area contributed by atoms with Crippen molar-refractivity contribution in [3.8, 4) is 0 Å². The summed E-state index contributed by atoms with van der Waals surface area (Å²) in [6, 6.07) is 13.2. The van der Waals surface area contributed by atoms with Gasteiger partial charge in [0.25, 0.3) is 0 Å². The predicted octanol–water partition coefficient (Wildman–Crippen LogP) is 4.44. The van der Waals surface area contributed by atoms with Gasteiger partial charge in [-0.2, -0.15) is 0 Å². The van der Waals surface area contributed by atoms with Crippen molar-refractivity contribution in [2.75, 3.05) is 19.6 Å². The topological polar surface area (TPSA) is 41.3 Å². The molecule has 1 N–H and O–H groups in total. The Morgan fingerprint density at radius 1 is 1.10 bits per heavy atom. The summed E-state index contributed by atoms with van der Waals surface area (Å²) in [4.78, 5) is 7.21. The Kier molecular flexibility index (Phi) is 5.01. The second-order valence-corrected chi connectivity index (χ2v) is 9.81. The average molecular weight is 454 g/mol. The van der Waals surface area contributed by atoms with Crippen molar-refractivity contribution in [2.45, 2.75) is 45.3 Å². The maximum Gasteiger partial charge on any atom is 0.107 e. The van der Waals surface area contributed by atoms with Crippen molar-refractivity contribution in [3.05, 3.63) is 63.4 Å². The van der Waals surface area contributed by atoms with Crippen LogP contribution in [0, 0.1) is 19.8 Å². The Bertz CT molecular complexity index is 1060. The minimum atomic E-state index is -0.362. The zero-order valence-corrected chi connectivity index (χ0v) is 18.7. The van der Waals surface area contributed by atoms with Crippen LogP contribution in [0.4, 0.5) is 0 Å². The fourth-order valence-electron chi connectivity index (χ4n) is 5.37. The lowest BCUT2D eigenvalue weighted by atomic mass is 9.98.